The first-order valence-electron chi connectivity index (χ1n) is 6.79. The molecule has 1 fully saturated rings. The lowest BCUT2D eigenvalue weighted by molar-refractivity contribution is -0.129. The summed E-state index contributed by atoms with van der Waals surface area (Å²) >= 11 is 0. The van der Waals surface area contributed by atoms with E-state index in [0.717, 1.165) is 31.5 Å². The molecule has 0 spiro atoms. The van der Waals surface area contributed by atoms with Gasteiger partial charge in [-0.15, -0.1) is 0 Å². The molecule has 0 radical (unpaired) electrons. The summed E-state index contributed by atoms with van der Waals surface area (Å²) in [6.45, 7) is 1.92. The molecule has 2 atom stereocenters. The molecule has 1 aliphatic heterocycles. The van der Waals surface area contributed by atoms with Gasteiger partial charge in [0.05, 0.1) is 6.42 Å². The Kier molecular flexibility index (Phi) is 3.18. The molecule has 1 aromatic rings. The second-order valence-electron chi connectivity index (χ2n) is 5.42. The predicted molar refractivity (Wildman–Crippen MR) is 72.1 cm³/mol. The van der Waals surface area contributed by atoms with Crippen molar-refractivity contribution in [2.45, 2.75) is 19.3 Å². The summed E-state index contributed by atoms with van der Waals surface area (Å²) < 4.78 is 0. The van der Waals surface area contributed by atoms with Crippen molar-refractivity contribution in [3.8, 4) is 0 Å². The van der Waals surface area contributed by atoms with Crippen molar-refractivity contribution in [3.63, 3.8) is 0 Å². The molecule has 18 heavy (non-hydrogen) atoms. The summed E-state index contributed by atoms with van der Waals surface area (Å²) in [6, 6.07) is 10.0. The minimum atomic E-state index is 0.288. The van der Waals surface area contributed by atoms with Gasteiger partial charge >= 0.3 is 0 Å². The van der Waals surface area contributed by atoms with E-state index in [4.69, 9.17) is 0 Å². The highest BCUT2D eigenvalue weighted by atomic mass is 16.2. The molecule has 94 valence electrons. The van der Waals surface area contributed by atoms with Crippen molar-refractivity contribution in [3.05, 3.63) is 48.0 Å². The van der Waals surface area contributed by atoms with Crippen molar-refractivity contribution >= 4 is 5.91 Å². The van der Waals surface area contributed by atoms with E-state index < -0.39 is 0 Å². The van der Waals surface area contributed by atoms with Gasteiger partial charge < -0.3 is 4.90 Å². The van der Waals surface area contributed by atoms with E-state index in [-0.39, 0.29) is 5.91 Å². The number of allylic oxidation sites excluding steroid dienone is 2. The highest BCUT2D eigenvalue weighted by Crippen LogP contribution is 2.32. The van der Waals surface area contributed by atoms with E-state index in [1.165, 1.54) is 0 Å². The van der Waals surface area contributed by atoms with Gasteiger partial charge in [-0.2, -0.15) is 0 Å². The first-order valence-corrected chi connectivity index (χ1v) is 6.79. The quantitative estimate of drug-likeness (QED) is 0.729. The first-order chi connectivity index (χ1) is 8.83. The third-order valence-electron chi connectivity index (χ3n) is 4.17. The van der Waals surface area contributed by atoms with Gasteiger partial charge in [-0.3, -0.25) is 4.79 Å². The number of carbonyl (C=O) groups is 1. The fourth-order valence-corrected chi connectivity index (χ4v) is 3.10. The smallest absolute Gasteiger partial charge is 0.227 e. The van der Waals surface area contributed by atoms with Crippen LogP contribution in [0.3, 0.4) is 0 Å². The Hall–Kier alpha value is -1.57. The van der Waals surface area contributed by atoms with Gasteiger partial charge in [0.1, 0.15) is 0 Å². The Morgan fingerprint density at radius 2 is 1.67 bits per heavy atom. The van der Waals surface area contributed by atoms with Gasteiger partial charge in [0, 0.05) is 13.1 Å². The number of fused-ring (bicyclic) bond motifs is 1. The zero-order valence-corrected chi connectivity index (χ0v) is 10.6. The Bertz CT molecular complexity index is 435. The summed E-state index contributed by atoms with van der Waals surface area (Å²) in [6.07, 6.45) is 7.39. The molecule has 2 aliphatic rings. The van der Waals surface area contributed by atoms with Crippen molar-refractivity contribution in [1.82, 2.24) is 4.90 Å². The molecule has 1 saturated heterocycles. The minimum Gasteiger partial charge on any atom is -0.342 e. The molecule has 1 heterocycles. The Balaban J connectivity index is 1.61. The van der Waals surface area contributed by atoms with Crippen LogP contribution in [0.1, 0.15) is 18.4 Å². The molecule has 2 nitrogen and oxygen atoms in total. The number of carbonyl (C=O) groups excluding carboxylic acids is 1. The number of likely N-dealkylation sites (tertiary alicyclic amines) is 1. The van der Waals surface area contributed by atoms with Crippen LogP contribution in [0, 0.1) is 11.8 Å². The molecule has 1 amide bonds. The van der Waals surface area contributed by atoms with Crippen LogP contribution in [0.5, 0.6) is 0 Å². The lowest BCUT2D eigenvalue weighted by Crippen LogP contribution is -2.30. The van der Waals surface area contributed by atoms with Crippen LogP contribution in [-0.4, -0.2) is 23.9 Å². The average molecular weight is 241 g/mol. The number of hydrogen-bond donors (Lipinski definition) is 0. The number of nitrogens with zero attached hydrogens (tertiary/aromatic N) is 1. The second kappa shape index (κ2) is 4.97. The van der Waals surface area contributed by atoms with Crippen LogP contribution in [-0.2, 0) is 11.2 Å². The van der Waals surface area contributed by atoms with Gasteiger partial charge in [0.15, 0.2) is 0 Å². The lowest BCUT2D eigenvalue weighted by atomic mass is 9.86. The maximum absolute atomic E-state index is 12.3. The summed E-state index contributed by atoms with van der Waals surface area (Å²) in [5.74, 6) is 1.69. The normalized spacial score (nSPS) is 26.1. The van der Waals surface area contributed by atoms with Crippen LogP contribution in [0.25, 0.3) is 0 Å². The van der Waals surface area contributed by atoms with E-state index in [0.29, 0.717) is 18.3 Å². The number of amides is 1. The Morgan fingerprint density at radius 3 is 2.28 bits per heavy atom. The van der Waals surface area contributed by atoms with Gasteiger partial charge in [0.25, 0.3) is 0 Å². The van der Waals surface area contributed by atoms with Crippen molar-refractivity contribution in [1.29, 1.82) is 0 Å². The molecule has 0 unspecified atom stereocenters. The van der Waals surface area contributed by atoms with Crippen LogP contribution >= 0.6 is 0 Å². The van der Waals surface area contributed by atoms with E-state index in [2.05, 4.69) is 17.1 Å². The highest BCUT2D eigenvalue weighted by molar-refractivity contribution is 5.79. The first kappa shape index (κ1) is 11.5. The van der Waals surface area contributed by atoms with E-state index in [1.54, 1.807) is 0 Å². The summed E-state index contributed by atoms with van der Waals surface area (Å²) in [4.78, 5) is 14.3. The Morgan fingerprint density at radius 1 is 1.06 bits per heavy atom. The van der Waals surface area contributed by atoms with Crippen LogP contribution in [0.4, 0.5) is 0 Å². The molecular formula is C16H19NO. The Labute approximate surface area is 108 Å². The molecule has 0 N–H and O–H groups in total. The van der Waals surface area contributed by atoms with E-state index in [1.807, 2.05) is 30.3 Å². The van der Waals surface area contributed by atoms with Gasteiger partial charge in [-0.05, 0) is 30.2 Å². The molecule has 0 bridgehead atoms. The third kappa shape index (κ3) is 2.33. The highest BCUT2D eigenvalue weighted by Gasteiger charge is 2.34. The summed E-state index contributed by atoms with van der Waals surface area (Å²) in [7, 11) is 0. The fraction of sp³-hybridized carbons (Fsp3) is 0.438. The molecule has 0 saturated carbocycles. The van der Waals surface area contributed by atoms with E-state index >= 15 is 0 Å². The third-order valence-corrected chi connectivity index (χ3v) is 4.17. The molecule has 3 rings (SSSR count). The van der Waals surface area contributed by atoms with Gasteiger partial charge in [-0.25, -0.2) is 0 Å². The lowest BCUT2D eigenvalue weighted by Gasteiger charge is -2.17. The number of rotatable bonds is 2. The van der Waals surface area contributed by atoms with Crippen molar-refractivity contribution in [2.75, 3.05) is 13.1 Å². The fourth-order valence-electron chi connectivity index (χ4n) is 3.10. The number of hydrogen-bond acceptors (Lipinski definition) is 1. The summed E-state index contributed by atoms with van der Waals surface area (Å²) in [5, 5.41) is 0. The maximum atomic E-state index is 12.3. The largest absolute Gasteiger partial charge is 0.342 e. The number of benzene rings is 1. The van der Waals surface area contributed by atoms with Crippen molar-refractivity contribution < 1.29 is 4.79 Å². The second-order valence-corrected chi connectivity index (χ2v) is 5.42. The van der Waals surface area contributed by atoms with E-state index in [9.17, 15) is 4.79 Å². The molecule has 2 heteroatoms. The maximum Gasteiger partial charge on any atom is 0.227 e. The van der Waals surface area contributed by atoms with Crippen LogP contribution in [0.15, 0.2) is 42.5 Å². The zero-order valence-electron chi connectivity index (χ0n) is 10.6. The van der Waals surface area contributed by atoms with Crippen molar-refractivity contribution in [2.24, 2.45) is 11.8 Å². The standard InChI is InChI=1S/C16H19NO/c18-16(10-13-6-2-1-3-7-13)17-11-14-8-4-5-9-15(14)12-17/h1-7,14-15H,8-12H2/t14-,15+. The summed E-state index contributed by atoms with van der Waals surface area (Å²) in [5.41, 5.74) is 1.12. The average Bonchev–Trinajstić information content (AvgIpc) is 2.84. The molecule has 1 aliphatic carbocycles. The monoisotopic (exact) mass is 241 g/mol. The SMILES string of the molecule is O=C(Cc1ccccc1)N1C[C@H]2CC=CC[C@H]2C1. The molecular weight excluding hydrogens is 222 g/mol. The van der Waals surface area contributed by atoms with Crippen LogP contribution in [0.2, 0.25) is 0 Å². The predicted octanol–water partition coefficient (Wildman–Crippen LogP) is 2.65. The zero-order chi connectivity index (χ0) is 12.4. The molecule has 0 aromatic heterocycles. The topological polar surface area (TPSA) is 20.3 Å². The van der Waals surface area contributed by atoms with Gasteiger partial charge in [0.2, 0.25) is 5.91 Å². The minimum absolute atomic E-state index is 0.288. The molecule has 1 aromatic carbocycles. The van der Waals surface area contributed by atoms with Gasteiger partial charge in [-0.1, -0.05) is 42.5 Å². The van der Waals surface area contributed by atoms with Crippen LogP contribution < -0.4 is 0 Å².